The van der Waals surface area contributed by atoms with Gasteiger partial charge in [-0.25, -0.2) is 0 Å². The first-order chi connectivity index (χ1) is 6.72. The Hall–Kier alpha value is -0.660. The second-order valence-electron chi connectivity index (χ2n) is 3.81. The van der Waals surface area contributed by atoms with E-state index in [2.05, 4.69) is 5.32 Å². The minimum absolute atomic E-state index is 0.122. The molecule has 0 saturated heterocycles. The van der Waals surface area contributed by atoms with Crippen molar-refractivity contribution < 1.29 is 17.8 Å². The lowest BCUT2D eigenvalue weighted by atomic mass is 10.0. The molecule has 90 valence electrons. The van der Waals surface area contributed by atoms with E-state index in [-0.39, 0.29) is 6.54 Å². The molecule has 6 nitrogen and oxygen atoms in total. The molecule has 0 bridgehead atoms. The van der Waals surface area contributed by atoms with Crippen LogP contribution in [0.5, 0.6) is 0 Å². The molecule has 0 aliphatic carbocycles. The standard InChI is InChI=1S/C8H18N2O4S/c1-6(2)5-7(9)8(11)10-3-4-15(12,13)14/h6-7H,3-5,9H2,1-2H3,(H,10,11)(H,12,13,14)/t7-/m0/s1. The van der Waals surface area contributed by atoms with E-state index >= 15 is 0 Å². The fraction of sp³-hybridized carbons (Fsp3) is 0.875. The van der Waals surface area contributed by atoms with E-state index < -0.39 is 27.8 Å². The number of hydrogen-bond donors (Lipinski definition) is 3. The van der Waals surface area contributed by atoms with Gasteiger partial charge in [0.2, 0.25) is 5.91 Å². The normalized spacial score (nSPS) is 13.9. The first-order valence-electron chi connectivity index (χ1n) is 4.71. The van der Waals surface area contributed by atoms with Gasteiger partial charge in [0.05, 0.1) is 11.8 Å². The largest absolute Gasteiger partial charge is 0.354 e. The van der Waals surface area contributed by atoms with Crippen LogP contribution in [0.1, 0.15) is 20.3 Å². The van der Waals surface area contributed by atoms with E-state index in [0.717, 1.165) is 0 Å². The third-order valence-corrected chi connectivity index (χ3v) is 2.44. The Morgan fingerprint density at radius 1 is 1.47 bits per heavy atom. The van der Waals surface area contributed by atoms with Crippen LogP contribution >= 0.6 is 0 Å². The van der Waals surface area contributed by atoms with Crippen LogP contribution in [-0.4, -0.2) is 37.2 Å². The summed E-state index contributed by atoms with van der Waals surface area (Å²) in [5.41, 5.74) is 5.54. The molecule has 15 heavy (non-hydrogen) atoms. The molecular formula is C8H18N2O4S. The van der Waals surface area contributed by atoms with Crippen LogP contribution in [0.2, 0.25) is 0 Å². The molecule has 1 amide bonds. The van der Waals surface area contributed by atoms with Crippen molar-refractivity contribution in [3.8, 4) is 0 Å². The second kappa shape index (κ2) is 6.04. The molecule has 0 heterocycles. The Morgan fingerprint density at radius 2 is 2.00 bits per heavy atom. The Bertz CT molecular complexity index is 300. The summed E-state index contributed by atoms with van der Waals surface area (Å²) >= 11 is 0. The highest BCUT2D eigenvalue weighted by molar-refractivity contribution is 7.85. The van der Waals surface area contributed by atoms with Gasteiger partial charge in [-0.2, -0.15) is 8.42 Å². The van der Waals surface area contributed by atoms with Crippen molar-refractivity contribution >= 4 is 16.0 Å². The molecule has 0 saturated carbocycles. The lowest BCUT2D eigenvalue weighted by Gasteiger charge is -2.13. The van der Waals surface area contributed by atoms with Gasteiger partial charge in [-0.05, 0) is 12.3 Å². The number of carbonyl (C=O) groups excluding carboxylic acids is 1. The van der Waals surface area contributed by atoms with Gasteiger partial charge in [-0.1, -0.05) is 13.8 Å². The van der Waals surface area contributed by atoms with Gasteiger partial charge in [0.15, 0.2) is 0 Å². The van der Waals surface area contributed by atoms with E-state index in [4.69, 9.17) is 10.3 Å². The van der Waals surface area contributed by atoms with Crippen LogP contribution in [0.25, 0.3) is 0 Å². The maximum absolute atomic E-state index is 11.3. The third-order valence-electron chi connectivity index (χ3n) is 1.72. The fourth-order valence-electron chi connectivity index (χ4n) is 1.05. The molecular weight excluding hydrogens is 220 g/mol. The van der Waals surface area contributed by atoms with Gasteiger partial charge in [0.1, 0.15) is 0 Å². The highest BCUT2D eigenvalue weighted by atomic mass is 32.2. The molecule has 0 aromatic carbocycles. The molecule has 4 N–H and O–H groups in total. The summed E-state index contributed by atoms with van der Waals surface area (Å²) in [7, 11) is -4.02. The zero-order valence-electron chi connectivity index (χ0n) is 8.93. The molecule has 0 fully saturated rings. The Morgan fingerprint density at radius 3 is 2.40 bits per heavy atom. The average Bonchev–Trinajstić information content (AvgIpc) is 2.00. The number of hydrogen-bond acceptors (Lipinski definition) is 4. The zero-order chi connectivity index (χ0) is 12.1. The molecule has 0 aromatic rings. The predicted octanol–water partition coefficient (Wildman–Crippen LogP) is -0.636. The zero-order valence-corrected chi connectivity index (χ0v) is 9.75. The van der Waals surface area contributed by atoms with Gasteiger partial charge in [0.25, 0.3) is 10.1 Å². The van der Waals surface area contributed by atoms with Crippen LogP contribution < -0.4 is 11.1 Å². The van der Waals surface area contributed by atoms with Crippen molar-refractivity contribution in [2.45, 2.75) is 26.3 Å². The van der Waals surface area contributed by atoms with Crippen molar-refractivity contribution in [2.24, 2.45) is 11.7 Å². The fourth-order valence-corrected chi connectivity index (χ4v) is 1.41. The first-order valence-corrected chi connectivity index (χ1v) is 6.31. The van der Waals surface area contributed by atoms with Gasteiger partial charge >= 0.3 is 0 Å². The van der Waals surface area contributed by atoms with E-state index in [1.54, 1.807) is 0 Å². The van der Waals surface area contributed by atoms with Gasteiger partial charge in [0, 0.05) is 6.54 Å². The number of rotatable bonds is 6. The lowest BCUT2D eigenvalue weighted by molar-refractivity contribution is -0.122. The monoisotopic (exact) mass is 238 g/mol. The van der Waals surface area contributed by atoms with Crippen LogP contribution in [0, 0.1) is 5.92 Å². The number of nitrogens with two attached hydrogens (primary N) is 1. The summed E-state index contributed by atoms with van der Waals surface area (Å²) in [4.78, 5) is 11.3. The van der Waals surface area contributed by atoms with Crippen LogP contribution in [-0.2, 0) is 14.9 Å². The highest BCUT2D eigenvalue weighted by Gasteiger charge is 2.15. The summed E-state index contributed by atoms with van der Waals surface area (Å²) in [6.45, 7) is 3.75. The maximum Gasteiger partial charge on any atom is 0.266 e. The summed E-state index contributed by atoms with van der Waals surface area (Å²) in [5.74, 6) is -0.590. The summed E-state index contributed by atoms with van der Waals surface area (Å²) in [6.07, 6.45) is 0.539. The second-order valence-corrected chi connectivity index (χ2v) is 5.39. The molecule has 0 aliphatic rings. The maximum atomic E-state index is 11.3. The van der Waals surface area contributed by atoms with E-state index in [1.165, 1.54) is 0 Å². The minimum atomic E-state index is -4.02. The van der Waals surface area contributed by atoms with E-state index in [0.29, 0.717) is 12.3 Å². The van der Waals surface area contributed by atoms with Crippen molar-refractivity contribution in [1.29, 1.82) is 0 Å². The van der Waals surface area contributed by atoms with Crippen molar-refractivity contribution in [2.75, 3.05) is 12.3 Å². The van der Waals surface area contributed by atoms with Crippen LogP contribution in [0.4, 0.5) is 0 Å². The SMILES string of the molecule is CC(C)C[C@H](N)C(=O)NCCS(=O)(=O)O. The van der Waals surface area contributed by atoms with Gasteiger partial charge in [-0.15, -0.1) is 0 Å². The quantitative estimate of drug-likeness (QED) is 0.533. The Kier molecular flexibility index (Phi) is 5.77. The first kappa shape index (κ1) is 14.3. The smallest absolute Gasteiger partial charge is 0.266 e. The van der Waals surface area contributed by atoms with Crippen LogP contribution in [0.15, 0.2) is 0 Å². The Balaban J connectivity index is 3.84. The summed E-state index contributed by atoms with van der Waals surface area (Å²) < 4.78 is 29.1. The lowest BCUT2D eigenvalue weighted by Crippen LogP contribution is -2.42. The molecule has 0 spiro atoms. The molecule has 0 rings (SSSR count). The summed E-state index contributed by atoms with van der Waals surface area (Å²) in [6, 6.07) is -0.633. The van der Waals surface area contributed by atoms with E-state index in [1.807, 2.05) is 13.8 Å². The van der Waals surface area contributed by atoms with Gasteiger partial charge < -0.3 is 11.1 Å². The minimum Gasteiger partial charge on any atom is -0.354 e. The number of nitrogens with one attached hydrogen (secondary N) is 1. The Labute approximate surface area is 90.0 Å². The number of carbonyl (C=O) groups is 1. The molecule has 7 heteroatoms. The van der Waals surface area contributed by atoms with Crippen molar-refractivity contribution in [3.63, 3.8) is 0 Å². The number of amides is 1. The predicted molar refractivity (Wildman–Crippen MR) is 56.9 cm³/mol. The topological polar surface area (TPSA) is 109 Å². The van der Waals surface area contributed by atoms with E-state index in [9.17, 15) is 13.2 Å². The molecule has 0 aromatic heterocycles. The van der Waals surface area contributed by atoms with Crippen molar-refractivity contribution in [1.82, 2.24) is 5.32 Å². The molecule has 1 atom stereocenters. The van der Waals surface area contributed by atoms with Crippen LogP contribution in [0.3, 0.4) is 0 Å². The van der Waals surface area contributed by atoms with Crippen molar-refractivity contribution in [3.05, 3.63) is 0 Å². The average molecular weight is 238 g/mol. The van der Waals surface area contributed by atoms with Gasteiger partial charge in [-0.3, -0.25) is 9.35 Å². The summed E-state index contributed by atoms with van der Waals surface area (Å²) in [5, 5.41) is 2.34. The molecule has 0 aliphatic heterocycles. The third kappa shape index (κ3) is 8.34. The molecule has 0 unspecified atom stereocenters. The highest BCUT2D eigenvalue weighted by Crippen LogP contribution is 2.02. The molecule has 0 radical (unpaired) electrons.